The number of carbonyl (C=O) groups excluding carboxylic acids is 1. The van der Waals surface area contributed by atoms with Crippen LogP contribution in [0.1, 0.15) is 44.1 Å². The Morgan fingerprint density at radius 2 is 1.90 bits per heavy atom. The van der Waals surface area contributed by atoms with Crippen molar-refractivity contribution in [2.45, 2.75) is 46.7 Å². The van der Waals surface area contributed by atoms with Crippen LogP contribution in [0.3, 0.4) is 0 Å². The Balaban J connectivity index is 1.77. The normalized spacial score (nSPS) is 18.4. The average Bonchev–Trinajstić information content (AvgIpc) is 3.33. The number of aryl methyl sites for hydroxylation is 4. The van der Waals surface area contributed by atoms with E-state index in [9.17, 15) is 13.2 Å². The highest BCUT2D eigenvalue weighted by Gasteiger charge is 2.37. The summed E-state index contributed by atoms with van der Waals surface area (Å²) in [5, 5.41) is 2.93. The highest BCUT2D eigenvalue weighted by molar-refractivity contribution is 7.91. The van der Waals surface area contributed by atoms with E-state index in [0.717, 1.165) is 38.1 Å². The number of hydrogen-bond acceptors (Lipinski definition) is 5. The van der Waals surface area contributed by atoms with Gasteiger partial charge in [0.2, 0.25) is 0 Å². The number of benzene rings is 1. The van der Waals surface area contributed by atoms with Crippen molar-refractivity contribution in [3.05, 3.63) is 56.5 Å². The summed E-state index contributed by atoms with van der Waals surface area (Å²) in [7, 11) is -3.11. The maximum atomic E-state index is 13.6. The molecule has 0 unspecified atom stereocenters. The molecule has 3 aromatic rings. The first-order chi connectivity index (χ1) is 13.7. The molecule has 0 spiro atoms. The molecular weight excluding hydrogens is 406 g/mol. The number of thiophene rings is 1. The van der Waals surface area contributed by atoms with Crippen LogP contribution in [0.25, 0.3) is 11.0 Å². The molecule has 1 aliphatic heterocycles. The Labute approximate surface area is 175 Å². The third-order valence-corrected chi connectivity index (χ3v) is 8.77. The Morgan fingerprint density at radius 1 is 1.14 bits per heavy atom. The van der Waals surface area contributed by atoms with Crippen molar-refractivity contribution in [2.75, 3.05) is 11.5 Å². The summed E-state index contributed by atoms with van der Waals surface area (Å²) in [6.45, 7) is 8.32. The second-order valence-corrected chi connectivity index (χ2v) is 11.2. The molecule has 29 heavy (non-hydrogen) atoms. The Hall–Kier alpha value is -2.12. The highest BCUT2D eigenvalue weighted by atomic mass is 32.2. The molecule has 5 nitrogen and oxygen atoms in total. The molecule has 1 atom stereocenters. The molecule has 154 valence electrons. The van der Waals surface area contributed by atoms with Crippen LogP contribution in [0.15, 0.2) is 28.0 Å². The first-order valence-electron chi connectivity index (χ1n) is 9.71. The van der Waals surface area contributed by atoms with Crippen LogP contribution < -0.4 is 0 Å². The van der Waals surface area contributed by atoms with Crippen molar-refractivity contribution in [1.29, 1.82) is 0 Å². The van der Waals surface area contributed by atoms with Gasteiger partial charge in [-0.05, 0) is 62.3 Å². The van der Waals surface area contributed by atoms with Gasteiger partial charge in [-0.25, -0.2) is 8.42 Å². The van der Waals surface area contributed by atoms with E-state index in [0.29, 0.717) is 18.7 Å². The highest BCUT2D eigenvalue weighted by Crippen LogP contribution is 2.32. The van der Waals surface area contributed by atoms with E-state index in [-0.39, 0.29) is 23.5 Å². The van der Waals surface area contributed by atoms with E-state index in [1.807, 2.05) is 51.3 Å². The van der Waals surface area contributed by atoms with Gasteiger partial charge in [0.15, 0.2) is 15.6 Å². The van der Waals surface area contributed by atoms with E-state index < -0.39 is 9.84 Å². The largest absolute Gasteiger partial charge is 0.450 e. The summed E-state index contributed by atoms with van der Waals surface area (Å²) in [5.74, 6) is 0.223. The van der Waals surface area contributed by atoms with Crippen LogP contribution >= 0.6 is 11.3 Å². The summed E-state index contributed by atoms with van der Waals surface area (Å²) < 4.78 is 30.3. The number of amides is 1. The molecule has 1 saturated heterocycles. The van der Waals surface area contributed by atoms with E-state index >= 15 is 0 Å². The van der Waals surface area contributed by atoms with Gasteiger partial charge in [-0.1, -0.05) is 12.1 Å². The summed E-state index contributed by atoms with van der Waals surface area (Å²) in [5.41, 5.74) is 4.78. The van der Waals surface area contributed by atoms with Crippen LogP contribution in [0.4, 0.5) is 0 Å². The zero-order valence-electron chi connectivity index (χ0n) is 17.1. The number of rotatable bonds is 4. The number of furan rings is 1. The minimum absolute atomic E-state index is 0.0145. The molecule has 0 radical (unpaired) electrons. The fraction of sp³-hybridized carbons (Fsp3) is 0.409. The van der Waals surface area contributed by atoms with E-state index in [2.05, 4.69) is 0 Å². The van der Waals surface area contributed by atoms with Crippen molar-refractivity contribution < 1.29 is 17.6 Å². The summed E-state index contributed by atoms with van der Waals surface area (Å²) in [4.78, 5) is 16.4. The fourth-order valence-corrected chi connectivity index (χ4v) is 6.60. The Bertz CT molecular complexity index is 1200. The maximum absolute atomic E-state index is 13.6. The fourth-order valence-electron chi connectivity index (χ4n) is 3.96. The monoisotopic (exact) mass is 431 g/mol. The third-order valence-electron chi connectivity index (χ3n) is 6.01. The predicted molar refractivity (Wildman–Crippen MR) is 116 cm³/mol. The van der Waals surface area contributed by atoms with Crippen LogP contribution in [0, 0.1) is 27.7 Å². The Kier molecular flexibility index (Phi) is 5.07. The summed E-state index contributed by atoms with van der Waals surface area (Å²) in [6, 6.07) is 5.71. The lowest BCUT2D eigenvalue weighted by molar-refractivity contribution is 0.0651. The number of sulfone groups is 1. The van der Waals surface area contributed by atoms with Crippen molar-refractivity contribution in [2.24, 2.45) is 0 Å². The van der Waals surface area contributed by atoms with E-state index in [1.165, 1.54) is 0 Å². The zero-order chi connectivity index (χ0) is 20.9. The SMILES string of the molecule is Cc1ccsc1CN(C(=O)c1oc2c(C)c(C)ccc2c1C)[C@H]1CCS(=O)(=O)C1. The lowest BCUT2D eigenvalue weighted by Crippen LogP contribution is -2.40. The van der Waals surface area contributed by atoms with Gasteiger partial charge in [-0.2, -0.15) is 0 Å². The molecule has 1 amide bonds. The summed E-state index contributed by atoms with van der Waals surface area (Å²) in [6.07, 6.45) is 0.468. The number of nitrogens with zero attached hydrogens (tertiary/aromatic N) is 1. The second-order valence-electron chi connectivity index (χ2n) is 7.96. The molecule has 0 bridgehead atoms. The minimum atomic E-state index is -3.11. The first kappa shape index (κ1) is 20.2. The molecule has 0 N–H and O–H groups in total. The smallest absolute Gasteiger partial charge is 0.290 e. The lowest BCUT2D eigenvalue weighted by atomic mass is 10.0. The molecule has 1 aliphatic rings. The molecule has 1 fully saturated rings. The van der Waals surface area contributed by atoms with Crippen LogP contribution in [-0.2, 0) is 16.4 Å². The third kappa shape index (κ3) is 3.62. The van der Waals surface area contributed by atoms with Gasteiger partial charge in [0, 0.05) is 21.9 Å². The van der Waals surface area contributed by atoms with Crippen LogP contribution in [-0.4, -0.2) is 36.8 Å². The van der Waals surface area contributed by atoms with Crippen molar-refractivity contribution in [3.8, 4) is 0 Å². The lowest BCUT2D eigenvalue weighted by Gasteiger charge is -2.27. The molecule has 0 saturated carbocycles. The van der Waals surface area contributed by atoms with Crippen molar-refractivity contribution in [1.82, 2.24) is 4.90 Å². The number of carbonyl (C=O) groups is 1. The quantitative estimate of drug-likeness (QED) is 0.607. The van der Waals surface area contributed by atoms with Gasteiger partial charge in [0.1, 0.15) is 5.58 Å². The van der Waals surface area contributed by atoms with Gasteiger partial charge >= 0.3 is 0 Å². The van der Waals surface area contributed by atoms with Gasteiger partial charge in [0.05, 0.1) is 18.1 Å². The number of hydrogen-bond donors (Lipinski definition) is 0. The van der Waals surface area contributed by atoms with Crippen LogP contribution in [0.2, 0.25) is 0 Å². The Morgan fingerprint density at radius 3 is 2.52 bits per heavy atom. The van der Waals surface area contributed by atoms with E-state index in [1.54, 1.807) is 16.2 Å². The minimum Gasteiger partial charge on any atom is -0.450 e. The molecule has 1 aromatic carbocycles. The van der Waals surface area contributed by atoms with Gasteiger partial charge in [-0.3, -0.25) is 4.79 Å². The standard InChI is InChI=1S/C22H25NO4S2/c1-13-5-6-18-16(4)21(27-20(18)15(13)3)22(24)23(11-19-14(2)7-9-28-19)17-8-10-29(25,26)12-17/h5-7,9,17H,8,10-12H2,1-4H3/t17-/m0/s1. The topological polar surface area (TPSA) is 67.6 Å². The van der Waals surface area contributed by atoms with Gasteiger partial charge in [0.25, 0.3) is 5.91 Å². The first-order valence-corrected chi connectivity index (χ1v) is 12.4. The molecule has 2 aromatic heterocycles. The van der Waals surface area contributed by atoms with Crippen molar-refractivity contribution in [3.63, 3.8) is 0 Å². The van der Waals surface area contributed by atoms with Crippen LogP contribution in [0.5, 0.6) is 0 Å². The predicted octanol–water partition coefficient (Wildman–Crippen LogP) is 4.56. The molecule has 0 aliphatic carbocycles. The molecule has 3 heterocycles. The van der Waals surface area contributed by atoms with Gasteiger partial charge in [-0.15, -0.1) is 11.3 Å². The molecule has 7 heteroatoms. The van der Waals surface area contributed by atoms with E-state index in [4.69, 9.17) is 4.42 Å². The summed E-state index contributed by atoms with van der Waals surface area (Å²) >= 11 is 1.59. The molecular formula is C22H25NO4S2. The zero-order valence-corrected chi connectivity index (χ0v) is 18.7. The molecule has 4 rings (SSSR count). The maximum Gasteiger partial charge on any atom is 0.290 e. The van der Waals surface area contributed by atoms with Crippen molar-refractivity contribution >= 4 is 38.1 Å². The number of fused-ring (bicyclic) bond motifs is 1. The van der Waals surface area contributed by atoms with Gasteiger partial charge < -0.3 is 9.32 Å². The second kappa shape index (κ2) is 7.29. The average molecular weight is 432 g/mol.